The van der Waals surface area contributed by atoms with E-state index >= 15 is 0 Å². The molecule has 0 aliphatic carbocycles. The highest BCUT2D eigenvalue weighted by Crippen LogP contribution is 2.22. The maximum absolute atomic E-state index is 13.3. The molecule has 0 radical (unpaired) electrons. The van der Waals surface area contributed by atoms with Crippen molar-refractivity contribution < 1.29 is 13.9 Å². The fourth-order valence-electron chi connectivity index (χ4n) is 3.93. The van der Waals surface area contributed by atoms with E-state index in [0.29, 0.717) is 35.8 Å². The molecule has 3 aromatic rings. The summed E-state index contributed by atoms with van der Waals surface area (Å²) in [6.45, 7) is 8.36. The molecule has 198 valence electrons. The van der Waals surface area contributed by atoms with Gasteiger partial charge in [0.05, 0.1) is 16.3 Å². The summed E-state index contributed by atoms with van der Waals surface area (Å²) in [5, 5.41) is 0.488. The number of rotatable bonds is 9. The maximum Gasteiger partial charge on any atom is 0.338 e. The number of ether oxygens (including phenoxy) is 1. The molecule has 1 aromatic heterocycles. The van der Waals surface area contributed by atoms with Gasteiger partial charge in [0.15, 0.2) is 0 Å². The highest BCUT2D eigenvalue weighted by molar-refractivity contribution is 6.34. The standard InChI is InChI=1S/C29H33Cl2FN2O3/c1-19(16-21-8-12-23(32)13-9-21)33(5)18-26-24(30)17-25(31)27(35)34(26)15-14-20-6-10-22(11-7-20)28(36)37-29(2,3)4/h6-13,17,19H,14-16,18H2,1-5H3. The summed E-state index contributed by atoms with van der Waals surface area (Å²) in [5.74, 6) is -0.641. The van der Waals surface area contributed by atoms with Gasteiger partial charge in [0.2, 0.25) is 0 Å². The van der Waals surface area contributed by atoms with Crippen molar-refractivity contribution in [1.82, 2.24) is 9.47 Å². The second-order valence-corrected chi connectivity index (χ2v) is 11.1. The number of carbonyl (C=O) groups is 1. The van der Waals surface area contributed by atoms with E-state index in [-0.39, 0.29) is 28.4 Å². The summed E-state index contributed by atoms with van der Waals surface area (Å²) in [6.07, 6.45) is 1.27. The van der Waals surface area contributed by atoms with Crippen molar-refractivity contribution in [3.8, 4) is 0 Å². The van der Waals surface area contributed by atoms with Gasteiger partial charge in [-0.3, -0.25) is 9.69 Å². The van der Waals surface area contributed by atoms with Crippen LogP contribution in [0, 0.1) is 5.82 Å². The first-order chi connectivity index (χ1) is 17.3. The number of esters is 1. The van der Waals surface area contributed by atoms with Crippen LogP contribution in [0.4, 0.5) is 4.39 Å². The van der Waals surface area contributed by atoms with E-state index in [2.05, 4.69) is 11.8 Å². The van der Waals surface area contributed by atoms with Crippen LogP contribution in [-0.4, -0.2) is 34.1 Å². The molecule has 3 rings (SSSR count). The quantitative estimate of drug-likeness (QED) is 0.285. The first-order valence-corrected chi connectivity index (χ1v) is 12.9. The average Bonchev–Trinajstić information content (AvgIpc) is 2.82. The second-order valence-electron chi connectivity index (χ2n) is 10.3. The third-order valence-electron chi connectivity index (χ3n) is 6.11. The Morgan fingerprint density at radius 2 is 1.62 bits per heavy atom. The molecule has 0 aliphatic heterocycles. The van der Waals surface area contributed by atoms with E-state index in [4.69, 9.17) is 27.9 Å². The zero-order valence-electron chi connectivity index (χ0n) is 21.9. The van der Waals surface area contributed by atoms with Gasteiger partial charge < -0.3 is 9.30 Å². The molecule has 8 heteroatoms. The second kappa shape index (κ2) is 12.2. The number of pyridine rings is 1. The Hall–Kier alpha value is -2.67. The fourth-order valence-corrected chi connectivity index (χ4v) is 4.47. The van der Waals surface area contributed by atoms with E-state index in [1.165, 1.54) is 18.2 Å². The number of hydrogen-bond acceptors (Lipinski definition) is 4. The molecule has 37 heavy (non-hydrogen) atoms. The van der Waals surface area contributed by atoms with Crippen LogP contribution in [-0.2, 0) is 30.7 Å². The molecule has 0 bridgehead atoms. The minimum atomic E-state index is -0.567. The first-order valence-electron chi connectivity index (χ1n) is 12.2. The molecule has 0 N–H and O–H groups in total. The molecule has 0 amide bonds. The summed E-state index contributed by atoms with van der Waals surface area (Å²) in [7, 11) is 1.96. The van der Waals surface area contributed by atoms with Crippen LogP contribution in [0.15, 0.2) is 59.4 Å². The fraction of sp³-hybridized carbons (Fsp3) is 0.379. The zero-order chi connectivity index (χ0) is 27.3. The van der Waals surface area contributed by atoms with Gasteiger partial charge in [-0.15, -0.1) is 0 Å². The molecule has 0 spiro atoms. The highest BCUT2D eigenvalue weighted by Gasteiger charge is 2.19. The molecule has 5 nitrogen and oxygen atoms in total. The summed E-state index contributed by atoms with van der Waals surface area (Å²) in [4.78, 5) is 27.4. The van der Waals surface area contributed by atoms with E-state index < -0.39 is 5.60 Å². The van der Waals surface area contributed by atoms with Crippen molar-refractivity contribution in [2.45, 2.75) is 65.3 Å². The molecule has 0 saturated heterocycles. The smallest absolute Gasteiger partial charge is 0.338 e. The SMILES string of the molecule is CC(Cc1ccc(F)cc1)N(C)Cc1c(Cl)cc(Cl)c(=O)n1CCc1ccc(C(=O)OC(C)(C)C)cc1. The number of benzene rings is 2. The van der Waals surface area contributed by atoms with Crippen LogP contribution in [0.25, 0.3) is 0 Å². The Morgan fingerprint density at radius 3 is 2.22 bits per heavy atom. The van der Waals surface area contributed by atoms with Gasteiger partial charge in [0.25, 0.3) is 5.56 Å². The third kappa shape index (κ3) is 8.16. The maximum atomic E-state index is 13.3. The minimum absolute atomic E-state index is 0.0658. The first kappa shape index (κ1) is 28.9. The van der Waals surface area contributed by atoms with E-state index in [9.17, 15) is 14.0 Å². The normalized spacial score (nSPS) is 12.6. The van der Waals surface area contributed by atoms with Crippen molar-refractivity contribution in [3.63, 3.8) is 0 Å². The molecule has 2 aromatic carbocycles. The number of aryl methyl sites for hydroxylation is 1. The van der Waals surface area contributed by atoms with Gasteiger partial charge in [-0.1, -0.05) is 47.5 Å². The highest BCUT2D eigenvalue weighted by atomic mass is 35.5. The van der Waals surface area contributed by atoms with Crippen molar-refractivity contribution in [2.75, 3.05) is 7.05 Å². The summed E-state index contributed by atoms with van der Waals surface area (Å²) in [6, 6.07) is 15.2. The number of aromatic nitrogens is 1. The lowest BCUT2D eigenvalue weighted by Crippen LogP contribution is -2.34. The van der Waals surface area contributed by atoms with Crippen LogP contribution >= 0.6 is 23.2 Å². The Morgan fingerprint density at radius 1 is 1.03 bits per heavy atom. The Kier molecular flexibility index (Phi) is 9.57. The van der Waals surface area contributed by atoms with Crippen LogP contribution in [0.2, 0.25) is 10.0 Å². The van der Waals surface area contributed by atoms with Gasteiger partial charge >= 0.3 is 5.97 Å². The largest absolute Gasteiger partial charge is 0.456 e. The predicted molar refractivity (Wildman–Crippen MR) is 147 cm³/mol. The Bertz CT molecular complexity index is 1280. The number of halogens is 3. The van der Waals surface area contributed by atoms with Gasteiger partial charge in [0, 0.05) is 19.1 Å². The van der Waals surface area contributed by atoms with Gasteiger partial charge in [0.1, 0.15) is 16.4 Å². The third-order valence-corrected chi connectivity index (χ3v) is 6.71. The Labute approximate surface area is 227 Å². The van der Waals surface area contributed by atoms with Crippen molar-refractivity contribution in [2.24, 2.45) is 0 Å². The summed E-state index contributed by atoms with van der Waals surface area (Å²) >= 11 is 12.7. The average molecular weight is 547 g/mol. The Balaban J connectivity index is 1.74. The minimum Gasteiger partial charge on any atom is -0.456 e. The molecular formula is C29H33Cl2FN2O3. The number of carbonyl (C=O) groups excluding carboxylic acids is 1. The molecule has 0 saturated carbocycles. The van der Waals surface area contributed by atoms with Crippen LogP contribution in [0.1, 0.15) is 54.9 Å². The zero-order valence-corrected chi connectivity index (χ0v) is 23.4. The summed E-state index contributed by atoms with van der Waals surface area (Å²) in [5.41, 5.74) is 2.26. The van der Waals surface area contributed by atoms with E-state index in [0.717, 1.165) is 17.5 Å². The molecule has 0 aliphatic rings. The topological polar surface area (TPSA) is 51.5 Å². The van der Waals surface area contributed by atoms with E-state index in [1.54, 1.807) is 28.8 Å². The number of hydrogen-bond donors (Lipinski definition) is 0. The monoisotopic (exact) mass is 546 g/mol. The van der Waals surface area contributed by atoms with Crippen LogP contribution in [0.3, 0.4) is 0 Å². The van der Waals surface area contributed by atoms with Gasteiger partial charge in [-0.2, -0.15) is 0 Å². The van der Waals surface area contributed by atoms with E-state index in [1.807, 2.05) is 40.0 Å². The van der Waals surface area contributed by atoms with Gasteiger partial charge in [-0.25, -0.2) is 9.18 Å². The molecule has 1 heterocycles. The lowest BCUT2D eigenvalue weighted by molar-refractivity contribution is 0.00695. The van der Waals surface area contributed by atoms with Gasteiger partial charge in [-0.05, 0) is 89.0 Å². The molecular weight excluding hydrogens is 514 g/mol. The number of likely N-dealkylation sites (N-methyl/N-ethyl adjacent to an activating group) is 1. The van der Waals surface area contributed by atoms with Crippen LogP contribution in [0.5, 0.6) is 0 Å². The molecule has 1 unspecified atom stereocenters. The van der Waals surface area contributed by atoms with Crippen molar-refractivity contribution in [1.29, 1.82) is 0 Å². The van der Waals surface area contributed by atoms with Crippen LogP contribution < -0.4 is 5.56 Å². The lowest BCUT2D eigenvalue weighted by Gasteiger charge is -2.27. The number of nitrogens with zero attached hydrogens (tertiary/aromatic N) is 2. The predicted octanol–water partition coefficient (Wildman–Crippen LogP) is 6.56. The summed E-state index contributed by atoms with van der Waals surface area (Å²) < 4.78 is 20.3. The van der Waals surface area contributed by atoms with Crippen molar-refractivity contribution in [3.05, 3.63) is 103 Å². The molecule has 0 fully saturated rings. The van der Waals surface area contributed by atoms with Crippen molar-refractivity contribution >= 4 is 29.2 Å². The molecule has 1 atom stereocenters. The lowest BCUT2D eigenvalue weighted by atomic mass is 10.1.